The van der Waals surface area contributed by atoms with Crippen molar-refractivity contribution >= 4 is 16.5 Å². The molecular weight excluding hydrogens is 256 g/mol. The normalized spacial score (nSPS) is 21.4. The van der Waals surface area contributed by atoms with E-state index in [1.54, 1.807) is 11.3 Å². The van der Waals surface area contributed by atoms with E-state index in [9.17, 15) is 0 Å². The number of nitrogens with two attached hydrogens (primary N) is 1. The Labute approximate surface area is 120 Å². The van der Waals surface area contributed by atoms with Crippen LogP contribution in [0.25, 0.3) is 0 Å². The Hall–Kier alpha value is -0.650. The van der Waals surface area contributed by atoms with Crippen LogP contribution in [0, 0.1) is 0 Å². The molecule has 4 nitrogen and oxygen atoms in total. The highest BCUT2D eigenvalue weighted by atomic mass is 32.1. The molecule has 1 fully saturated rings. The fourth-order valence-corrected chi connectivity index (χ4v) is 3.85. The Bertz CT molecular complexity index is 416. The number of hydrogen-bond acceptors (Lipinski definition) is 5. The zero-order valence-corrected chi connectivity index (χ0v) is 13.3. The van der Waals surface area contributed by atoms with Crippen LogP contribution in [0.3, 0.4) is 0 Å². The molecule has 0 amide bonds. The minimum Gasteiger partial charge on any atom is -0.345 e. The first-order valence-electron chi connectivity index (χ1n) is 7.25. The van der Waals surface area contributed by atoms with E-state index in [4.69, 9.17) is 10.7 Å². The summed E-state index contributed by atoms with van der Waals surface area (Å²) < 4.78 is 0. The number of piperazine rings is 1. The van der Waals surface area contributed by atoms with Crippen molar-refractivity contribution in [2.45, 2.75) is 46.2 Å². The molecule has 0 spiro atoms. The smallest absolute Gasteiger partial charge is 0.185 e. The molecule has 2 N–H and O–H groups in total. The molecule has 2 rings (SSSR count). The highest BCUT2D eigenvalue weighted by Gasteiger charge is 2.25. The van der Waals surface area contributed by atoms with Gasteiger partial charge in [-0.2, -0.15) is 0 Å². The Morgan fingerprint density at radius 3 is 2.63 bits per heavy atom. The average Bonchev–Trinajstić information content (AvgIpc) is 2.83. The van der Waals surface area contributed by atoms with Crippen LogP contribution in [0.2, 0.25) is 0 Å². The zero-order chi connectivity index (χ0) is 14.0. The van der Waals surface area contributed by atoms with Crippen molar-refractivity contribution in [2.75, 3.05) is 31.1 Å². The van der Waals surface area contributed by atoms with Crippen LogP contribution in [0.15, 0.2) is 0 Å². The second-order valence-corrected chi connectivity index (χ2v) is 6.65. The molecule has 0 saturated carbocycles. The second-order valence-electron chi connectivity index (χ2n) is 5.59. The molecule has 0 aliphatic carbocycles. The summed E-state index contributed by atoms with van der Waals surface area (Å²) >= 11 is 1.78. The van der Waals surface area contributed by atoms with Gasteiger partial charge in [0.25, 0.3) is 0 Å². The quantitative estimate of drug-likeness (QED) is 0.920. The van der Waals surface area contributed by atoms with Gasteiger partial charge in [0.15, 0.2) is 5.13 Å². The third-order valence-corrected chi connectivity index (χ3v) is 5.04. The van der Waals surface area contributed by atoms with Crippen LogP contribution in [0.1, 0.15) is 44.2 Å². The fourth-order valence-electron chi connectivity index (χ4n) is 2.72. The lowest BCUT2D eigenvalue weighted by Crippen LogP contribution is -2.51. The SMILES string of the molecule is CCN1CCN(c2nc(C(C)C)c(CN)s2)CC1C. The predicted octanol–water partition coefficient (Wildman–Crippen LogP) is 2.26. The molecule has 108 valence electrons. The molecule has 1 aromatic rings. The summed E-state index contributed by atoms with van der Waals surface area (Å²) in [5.74, 6) is 0.456. The fraction of sp³-hybridized carbons (Fsp3) is 0.786. The predicted molar refractivity (Wildman–Crippen MR) is 83.0 cm³/mol. The molecule has 1 saturated heterocycles. The molecule has 2 heterocycles. The minimum atomic E-state index is 0.456. The third-order valence-electron chi connectivity index (χ3n) is 3.89. The van der Waals surface area contributed by atoms with Gasteiger partial charge in [-0.25, -0.2) is 4.98 Å². The van der Waals surface area contributed by atoms with Gasteiger partial charge < -0.3 is 10.6 Å². The highest BCUT2D eigenvalue weighted by molar-refractivity contribution is 7.15. The van der Waals surface area contributed by atoms with E-state index in [1.165, 1.54) is 10.6 Å². The summed E-state index contributed by atoms with van der Waals surface area (Å²) in [6.07, 6.45) is 0. The lowest BCUT2D eigenvalue weighted by atomic mass is 10.1. The van der Waals surface area contributed by atoms with E-state index in [0.29, 0.717) is 18.5 Å². The first-order chi connectivity index (χ1) is 9.06. The monoisotopic (exact) mass is 282 g/mol. The average molecular weight is 282 g/mol. The van der Waals surface area contributed by atoms with Crippen LogP contribution < -0.4 is 10.6 Å². The molecule has 19 heavy (non-hydrogen) atoms. The summed E-state index contributed by atoms with van der Waals surface area (Å²) in [5, 5.41) is 1.16. The lowest BCUT2D eigenvalue weighted by Gasteiger charge is -2.39. The molecule has 1 atom stereocenters. The first-order valence-corrected chi connectivity index (χ1v) is 8.07. The Morgan fingerprint density at radius 1 is 1.42 bits per heavy atom. The molecule has 1 unspecified atom stereocenters. The zero-order valence-electron chi connectivity index (χ0n) is 12.5. The van der Waals surface area contributed by atoms with Crippen molar-refractivity contribution in [3.05, 3.63) is 10.6 Å². The molecule has 1 aliphatic rings. The molecular formula is C14H26N4S. The number of thiazole rings is 1. The Morgan fingerprint density at radius 2 is 2.16 bits per heavy atom. The van der Waals surface area contributed by atoms with Crippen LogP contribution >= 0.6 is 11.3 Å². The van der Waals surface area contributed by atoms with Crippen molar-refractivity contribution in [3.8, 4) is 0 Å². The van der Waals surface area contributed by atoms with Crippen molar-refractivity contribution in [2.24, 2.45) is 5.73 Å². The molecule has 0 radical (unpaired) electrons. The minimum absolute atomic E-state index is 0.456. The molecule has 0 aromatic carbocycles. The van der Waals surface area contributed by atoms with Crippen LogP contribution in [-0.2, 0) is 6.54 Å². The molecule has 5 heteroatoms. The number of aromatic nitrogens is 1. The maximum absolute atomic E-state index is 5.85. The third kappa shape index (κ3) is 3.09. The van der Waals surface area contributed by atoms with Gasteiger partial charge in [-0.15, -0.1) is 11.3 Å². The van der Waals surface area contributed by atoms with Gasteiger partial charge >= 0.3 is 0 Å². The van der Waals surface area contributed by atoms with Gasteiger partial charge in [-0.05, 0) is 19.4 Å². The van der Waals surface area contributed by atoms with Crippen molar-refractivity contribution in [3.63, 3.8) is 0 Å². The van der Waals surface area contributed by atoms with Crippen molar-refractivity contribution < 1.29 is 0 Å². The topological polar surface area (TPSA) is 45.4 Å². The highest BCUT2D eigenvalue weighted by Crippen LogP contribution is 2.31. The van der Waals surface area contributed by atoms with Crippen LogP contribution in [0.5, 0.6) is 0 Å². The maximum Gasteiger partial charge on any atom is 0.185 e. The van der Waals surface area contributed by atoms with E-state index in [0.717, 1.165) is 31.3 Å². The van der Waals surface area contributed by atoms with Gasteiger partial charge in [0.1, 0.15) is 0 Å². The number of anilines is 1. The van der Waals surface area contributed by atoms with E-state index in [2.05, 4.69) is 37.5 Å². The van der Waals surface area contributed by atoms with Crippen molar-refractivity contribution in [1.82, 2.24) is 9.88 Å². The van der Waals surface area contributed by atoms with Gasteiger partial charge in [0.05, 0.1) is 5.69 Å². The summed E-state index contributed by atoms with van der Waals surface area (Å²) in [4.78, 5) is 11.0. The summed E-state index contributed by atoms with van der Waals surface area (Å²) in [7, 11) is 0. The van der Waals surface area contributed by atoms with Gasteiger partial charge in [0, 0.05) is 37.1 Å². The second kappa shape index (κ2) is 6.20. The van der Waals surface area contributed by atoms with Gasteiger partial charge in [-0.1, -0.05) is 20.8 Å². The maximum atomic E-state index is 5.85. The van der Waals surface area contributed by atoms with Gasteiger partial charge in [0.2, 0.25) is 0 Å². The van der Waals surface area contributed by atoms with E-state index in [1.807, 2.05) is 0 Å². The van der Waals surface area contributed by atoms with Gasteiger partial charge in [-0.3, -0.25) is 4.90 Å². The summed E-state index contributed by atoms with van der Waals surface area (Å²) in [6, 6.07) is 0.603. The lowest BCUT2D eigenvalue weighted by molar-refractivity contribution is 0.199. The first kappa shape index (κ1) is 14.8. The summed E-state index contributed by atoms with van der Waals surface area (Å²) in [6.45, 7) is 13.9. The largest absolute Gasteiger partial charge is 0.345 e. The molecule has 1 aromatic heterocycles. The molecule has 1 aliphatic heterocycles. The van der Waals surface area contributed by atoms with E-state index >= 15 is 0 Å². The Balaban J connectivity index is 2.14. The Kier molecular flexibility index (Phi) is 4.81. The van der Waals surface area contributed by atoms with E-state index in [-0.39, 0.29) is 0 Å². The number of likely N-dealkylation sites (N-methyl/N-ethyl adjacent to an activating group) is 1. The number of rotatable bonds is 4. The summed E-state index contributed by atoms with van der Waals surface area (Å²) in [5.41, 5.74) is 7.03. The number of hydrogen-bond donors (Lipinski definition) is 1. The van der Waals surface area contributed by atoms with E-state index < -0.39 is 0 Å². The molecule has 0 bridgehead atoms. The van der Waals surface area contributed by atoms with Crippen LogP contribution in [0.4, 0.5) is 5.13 Å². The van der Waals surface area contributed by atoms with Crippen molar-refractivity contribution in [1.29, 1.82) is 0 Å². The van der Waals surface area contributed by atoms with Crippen LogP contribution in [-0.4, -0.2) is 42.1 Å². The number of nitrogens with zero attached hydrogens (tertiary/aromatic N) is 3. The standard InChI is InChI=1S/C14H26N4S/c1-5-17-6-7-18(9-11(17)4)14-16-13(10(2)3)12(8-15)19-14/h10-11H,5-9,15H2,1-4H3.